The molecule has 3 aliphatic heterocycles. The number of urea groups is 2. The molecule has 3 fully saturated rings. The van der Waals surface area contributed by atoms with Crippen LogP contribution in [0.2, 0.25) is 0 Å². The number of hydrogen-bond donors (Lipinski definition) is 3. The summed E-state index contributed by atoms with van der Waals surface area (Å²) in [7, 11) is -4.84. The number of carbonyl (C=O) groups is 3. The Morgan fingerprint density at radius 2 is 2.04 bits per heavy atom. The summed E-state index contributed by atoms with van der Waals surface area (Å²) in [6.45, 7) is 0.688. The molecule has 0 spiro atoms. The number of likely N-dealkylation sites (tertiary alicyclic amines) is 1. The minimum atomic E-state index is -4.84. The summed E-state index contributed by atoms with van der Waals surface area (Å²) >= 11 is 0. The third kappa shape index (κ3) is 4.23. The van der Waals surface area contributed by atoms with Gasteiger partial charge in [-0.25, -0.2) is 15.1 Å². The van der Waals surface area contributed by atoms with Crippen LogP contribution in [0.3, 0.4) is 0 Å². The molecule has 14 heteroatoms. The summed E-state index contributed by atoms with van der Waals surface area (Å²) in [6, 6.07) is -3.05. The Morgan fingerprint density at radius 1 is 1.30 bits per heavy atom. The number of nitrogens with one attached hydrogen (secondary N) is 1. The maximum absolute atomic E-state index is 12.4. The molecular weight excluding hydrogens is 386 g/mol. The minimum Gasteiger partial charge on any atom is -0.351 e. The Balaban J connectivity index is 1.53. The van der Waals surface area contributed by atoms with Crippen LogP contribution in [0.5, 0.6) is 0 Å². The van der Waals surface area contributed by atoms with Gasteiger partial charge in [-0.15, -0.1) is 4.28 Å². The monoisotopic (exact) mass is 407 g/mol. The third-order valence-corrected chi connectivity index (χ3v) is 5.26. The molecule has 152 valence electrons. The fourth-order valence-electron chi connectivity index (χ4n) is 3.68. The molecule has 3 heterocycles. The van der Waals surface area contributed by atoms with Crippen LogP contribution >= 0.6 is 0 Å². The van der Waals surface area contributed by atoms with E-state index >= 15 is 0 Å². The summed E-state index contributed by atoms with van der Waals surface area (Å²) in [6.07, 6.45) is 2.08. The van der Waals surface area contributed by atoms with Gasteiger partial charge in [-0.05, 0) is 25.7 Å². The first kappa shape index (κ1) is 19.6. The second-order valence-electron chi connectivity index (χ2n) is 6.61. The van der Waals surface area contributed by atoms with Crippen molar-refractivity contribution in [2.24, 2.45) is 5.73 Å². The summed E-state index contributed by atoms with van der Waals surface area (Å²) in [5.41, 5.74) is 7.54. The Kier molecular flexibility index (Phi) is 5.41. The summed E-state index contributed by atoms with van der Waals surface area (Å²) in [4.78, 5) is 43.7. The van der Waals surface area contributed by atoms with Gasteiger partial charge >= 0.3 is 22.5 Å². The number of carbonyl (C=O) groups excluding carboxylic acids is 3. The van der Waals surface area contributed by atoms with Gasteiger partial charge < -0.3 is 15.5 Å². The molecule has 0 aromatic rings. The molecular formula is C13H21N5O8S. The first-order valence-corrected chi connectivity index (χ1v) is 9.78. The summed E-state index contributed by atoms with van der Waals surface area (Å²) in [5.74, 6) is -0.570. The highest BCUT2D eigenvalue weighted by molar-refractivity contribution is 7.80. The van der Waals surface area contributed by atoms with Gasteiger partial charge in [-0.1, -0.05) is 0 Å². The highest BCUT2D eigenvalue weighted by atomic mass is 32.3. The van der Waals surface area contributed by atoms with Crippen LogP contribution in [0.1, 0.15) is 25.7 Å². The van der Waals surface area contributed by atoms with E-state index in [1.807, 2.05) is 0 Å². The second kappa shape index (κ2) is 7.46. The molecule has 0 aliphatic carbocycles. The molecule has 0 saturated carbocycles. The average Bonchev–Trinajstić information content (AvgIpc) is 3.14. The minimum absolute atomic E-state index is 0.0654. The van der Waals surface area contributed by atoms with Crippen molar-refractivity contribution in [2.75, 3.05) is 19.7 Å². The lowest BCUT2D eigenvalue weighted by atomic mass is 10.0. The van der Waals surface area contributed by atoms with E-state index in [0.29, 0.717) is 24.4 Å². The van der Waals surface area contributed by atoms with Crippen LogP contribution in [0.25, 0.3) is 0 Å². The number of nitrogens with zero attached hydrogens (tertiary/aromatic N) is 3. The number of fused-ring (bicyclic) bond motifs is 2. The standard InChI is InChI=1S/C13H21N5O8S/c14-12(20)16-5-1-2-9(16)7-25-15-11(19)10-4-3-8-6-17(10)13(21)18(8)26-27(22,23)24/h8-10H,1-7H2,(H2,14,20)(H,15,19)(H,22,23,24)/t8-,9?,10+/m1/s1. The van der Waals surface area contributed by atoms with Crippen LogP contribution in [-0.2, 0) is 24.3 Å². The second-order valence-corrected chi connectivity index (χ2v) is 7.62. The largest absolute Gasteiger partial charge is 0.418 e. The number of hydroxylamine groups is 3. The normalized spacial score (nSPS) is 28.0. The zero-order valence-electron chi connectivity index (χ0n) is 14.3. The molecule has 3 saturated heterocycles. The number of hydrogen-bond acceptors (Lipinski definition) is 7. The Morgan fingerprint density at radius 3 is 2.70 bits per heavy atom. The van der Waals surface area contributed by atoms with E-state index in [4.69, 9.17) is 15.1 Å². The molecule has 2 bridgehead atoms. The van der Waals surface area contributed by atoms with Crippen molar-refractivity contribution < 1.29 is 36.5 Å². The molecule has 4 N–H and O–H groups in total. The van der Waals surface area contributed by atoms with Gasteiger partial charge in [0.25, 0.3) is 5.91 Å². The van der Waals surface area contributed by atoms with Gasteiger partial charge in [0.15, 0.2) is 0 Å². The number of amides is 5. The molecule has 0 aromatic heterocycles. The highest BCUT2D eigenvalue weighted by Crippen LogP contribution is 2.30. The van der Waals surface area contributed by atoms with Crippen LogP contribution < -0.4 is 11.2 Å². The Labute approximate surface area is 155 Å². The lowest BCUT2D eigenvalue weighted by Gasteiger charge is -2.29. The highest BCUT2D eigenvalue weighted by Gasteiger charge is 2.49. The molecule has 0 radical (unpaired) electrons. The van der Waals surface area contributed by atoms with Crippen molar-refractivity contribution in [3.8, 4) is 0 Å². The van der Waals surface area contributed by atoms with Crippen LogP contribution in [0, 0.1) is 0 Å². The Bertz CT molecular complexity index is 730. The van der Waals surface area contributed by atoms with E-state index in [2.05, 4.69) is 9.76 Å². The quantitative estimate of drug-likeness (QED) is 0.355. The number of nitrogens with two attached hydrogens (primary N) is 1. The zero-order valence-corrected chi connectivity index (χ0v) is 15.1. The van der Waals surface area contributed by atoms with E-state index in [0.717, 1.165) is 11.3 Å². The predicted octanol–water partition coefficient (Wildman–Crippen LogP) is -1.42. The van der Waals surface area contributed by atoms with E-state index in [-0.39, 0.29) is 25.6 Å². The van der Waals surface area contributed by atoms with Crippen molar-refractivity contribution in [1.29, 1.82) is 0 Å². The topological polar surface area (TPSA) is 172 Å². The molecule has 5 amide bonds. The molecule has 3 rings (SSSR count). The van der Waals surface area contributed by atoms with Gasteiger partial charge in [0.1, 0.15) is 6.04 Å². The predicted molar refractivity (Wildman–Crippen MR) is 86.8 cm³/mol. The lowest BCUT2D eigenvalue weighted by molar-refractivity contribution is -0.139. The lowest BCUT2D eigenvalue weighted by Crippen LogP contribution is -2.50. The van der Waals surface area contributed by atoms with Crippen molar-refractivity contribution in [2.45, 2.75) is 43.8 Å². The summed E-state index contributed by atoms with van der Waals surface area (Å²) < 4.78 is 34.8. The SMILES string of the molecule is NC(=O)N1CCCC1CONC(=O)[C@@H]1CC[C@@H]2CN1C(=O)N2OS(=O)(=O)O. The van der Waals surface area contributed by atoms with Gasteiger partial charge in [0.2, 0.25) is 0 Å². The molecule has 27 heavy (non-hydrogen) atoms. The maximum Gasteiger partial charge on any atom is 0.418 e. The van der Waals surface area contributed by atoms with Crippen LogP contribution in [0.4, 0.5) is 9.59 Å². The smallest absolute Gasteiger partial charge is 0.351 e. The molecule has 1 unspecified atom stereocenters. The first-order chi connectivity index (χ1) is 12.7. The van der Waals surface area contributed by atoms with Crippen LogP contribution in [-0.4, -0.2) is 83.6 Å². The van der Waals surface area contributed by atoms with Crippen molar-refractivity contribution in [3.05, 3.63) is 0 Å². The van der Waals surface area contributed by atoms with Crippen molar-refractivity contribution in [1.82, 2.24) is 20.3 Å². The fourth-order valence-corrected chi connectivity index (χ4v) is 4.07. The number of rotatable bonds is 6. The summed E-state index contributed by atoms with van der Waals surface area (Å²) in [5, 5.41) is 0.562. The molecule has 13 nitrogen and oxygen atoms in total. The van der Waals surface area contributed by atoms with E-state index < -0.39 is 40.5 Å². The van der Waals surface area contributed by atoms with Gasteiger partial charge in [0, 0.05) is 13.1 Å². The van der Waals surface area contributed by atoms with E-state index in [9.17, 15) is 22.8 Å². The van der Waals surface area contributed by atoms with Gasteiger partial charge in [-0.3, -0.25) is 14.2 Å². The van der Waals surface area contributed by atoms with Gasteiger partial charge in [-0.2, -0.15) is 13.5 Å². The van der Waals surface area contributed by atoms with Crippen LogP contribution in [0.15, 0.2) is 0 Å². The molecule has 3 atom stereocenters. The molecule has 3 aliphatic rings. The Hall–Kier alpha value is -2.16. The van der Waals surface area contributed by atoms with E-state index in [1.165, 1.54) is 4.90 Å². The van der Waals surface area contributed by atoms with Crippen molar-refractivity contribution >= 4 is 28.4 Å². The number of primary amides is 1. The third-order valence-electron chi connectivity index (χ3n) is 4.91. The fraction of sp³-hybridized carbons (Fsp3) is 0.769. The average molecular weight is 407 g/mol. The molecule has 0 aromatic carbocycles. The van der Waals surface area contributed by atoms with Gasteiger partial charge in [0.05, 0.1) is 18.7 Å². The van der Waals surface area contributed by atoms with Crippen molar-refractivity contribution in [3.63, 3.8) is 0 Å². The zero-order chi connectivity index (χ0) is 19.8. The maximum atomic E-state index is 12.4. The first-order valence-electron chi connectivity index (χ1n) is 8.42. The number of piperidine rings is 1. The van der Waals surface area contributed by atoms with E-state index in [1.54, 1.807) is 0 Å².